The number of ether oxygens (including phenoxy) is 2. The highest BCUT2D eigenvalue weighted by Gasteiger charge is 2.40. The van der Waals surface area contributed by atoms with Gasteiger partial charge in [0, 0.05) is 0 Å². The zero-order chi connectivity index (χ0) is 20.0. The molecule has 6 nitrogen and oxygen atoms in total. The first-order valence-corrected chi connectivity index (χ1v) is 10.9. The molecule has 0 amide bonds. The van der Waals surface area contributed by atoms with Crippen LogP contribution >= 0.6 is 7.60 Å². The maximum atomic E-state index is 13.3. The summed E-state index contributed by atoms with van der Waals surface area (Å²) < 4.78 is 35.6. The number of rotatable bonds is 9. The number of ketones is 1. The van der Waals surface area contributed by atoms with Crippen molar-refractivity contribution in [3.05, 3.63) is 71.8 Å². The number of benzene rings is 2. The van der Waals surface area contributed by atoms with Gasteiger partial charge in [0.25, 0.3) is 0 Å². The second-order valence-electron chi connectivity index (χ2n) is 7.07. The Kier molecular flexibility index (Phi) is 6.81. The van der Waals surface area contributed by atoms with Crippen LogP contribution in [-0.2, 0) is 41.1 Å². The monoisotopic (exact) mass is 404 g/mol. The van der Waals surface area contributed by atoms with Crippen molar-refractivity contribution in [2.24, 2.45) is 0 Å². The summed E-state index contributed by atoms with van der Waals surface area (Å²) in [6.45, 7) is 3.78. The number of carbonyl (C=O) groups excluding carboxylic acids is 1. The van der Waals surface area contributed by atoms with E-state index in [0.717, 1.165) is 11.1 Å². The molecule has 0 radical (unpaired) electrons. The summed E-state index contributed by atoms with van der Waals surface area (Å²) in [5.41, 5.74) is 1.69. The lowest BCUT2D eigenvalue weighted by Gasteiger charge is -2.20. The summed E-state index contributed by atoms with van der Waals surface area (Å²) in [5, 5.41) is 0. The van der Waals surface area contributed by atoms with Gasteiger partial charge in [-0.3, -0.25) is 9.36 Å². The molecule has 0 bridgehead atoms. The molecule has 28 heavy (non-hydrogen) atoms. The zero-order valence-electron chi connectivity index (χ0n) is 16.1. The molecule has 0 aliphatic carbocycles. The quantitative estimate of drug-likeness (QED) is 0.579. The molecule has 0 N–H and O–H groups in total. The van der Waals surface area contributed by atoms with Crippen LogP contribution in [0.25, 0.3) is 0 Å². The molecule has 1 aliphatic heterocycles. The Morgan fingerprint density at radius 1 is 1.00 bits per heavy atom. The lowest BCUT2D eigenvalue weighted by molar-refractivity contribution is -0.150. The number of carbonyl (C=O) groups is 1. The van der Waals surface area contributed by atoms with Crippen molar-refractivity contribution in [3.8, 4) is 0 Å². The van der Waals surface area contributed by atoms with Gasteiger partial charge in [0.05, 0.1) is 19.8 Å². The predicted molar refractivity (Wildman–Crippen MR) is 105 cm³/mol. The molecular weight excluding hydrogens is 379 g/mol. The lowest BCUT2D eigenvalue weighted by atomic mass is 10.2. The Morgan fingerprint density at radius 3 is 1.93 bits per heavy atom. The van der Waals surface area contributed by atoms with Crippen LogP contribution in [0.4, 0.5) is 0 Å². The molecule has 0 spiro atoms. The summed E-state index contributed by atoms with van der Waals surface area (Å²) in [7, 11) is -3.69. The van der Waals surface area contributed by atoms with Gasteiger partial charge in [-0.1, -0.05) is 60.7 Å². The van der Waals surface area contributed by atoms with Crippen LogP contribution in [0.1, 0.15) is 25.0 Å². The van der Waals surface area contributed by atoms with Gasteiger partial charge in [0.1, 0.15) is 12.3 Å². The molecule has 150 valence electrons. The van der Waals surface area contributed by atoms with E-state index in [1.54, 1.807) is 13.8 Å². The van der Waals surface area contributed by atoms with Gasteiger partial charge in [-0.25, -0.2) is 0 Å². The largest absolute Gasteiger partial charge is 0.347 e. The molecular formula is C21H25O6P. The minimum absolute atomic E-state index is 0.0910. The second-order valence-corrected chi connectivity index (χ2v) is 9.13. The summed E-state index contributed by atoms with van der Waals surface area (Å²) >= 11 is 0. The van der Waals surface area contributed by atoms with Crippen LogP contribution in [0.15, 0.2) is 60.7 Å². The van der Waals surface area contributed by atoms with Crippen molar-refractivity contribution < 1.29 is 27.9 Å². The zero-order valence-corrected chi connectivity index (χ0v) is 17.0. The summed E-state index contributed by atoms with van der Waals surface area (Å²) in [4.78, 5) is 12.6. The minimum atomic E-state index is -3.69. The van der Waals surface area contributed by atoms with Crippen LogP contribution in [-0.4, -0.2) is 30.4 Å². The van der Waals surface area contributed by atoms with E-state index in [0.29, 0.717) is 0 Å². The molecule has 3 rings (SSSR count). The summed E-state index contributed by atoms with van der Waals surface area (Å²) in [5.74, 6) is -1.19. The second kappa shape index (κ2) is 9.12. The Balaban J connectivity index is 1.67. The molecule has 0 aromatic heterocycles. The standard InChI is InChI=1S/C21H25O6P/c1-21(2)24-15-20(27-21)19(22)16-28(23,25-13-17-9-5-3-6-10-17)26-14-18-11-7-4-8-12-18/h3-12,20H,13-16H2,1-2H3. The first-order valence-electron chi connectivity index (χ1n) is 9.16. The normalized spacial score (nSPS) is 18.9. The number of Topliss-reactive ketones (excluding diaryl/α,β-unsaturated/α-hetero) is 1. The fourth-order valence-electron chi connectivity index (χ4n) is 2.76. The molecule has 1 fully saturated rings. The van der Waals surface area contributed by atoms with Gasteiger partial charge in [-0.2, -0.15) is 0 Å². The minimum Gasteiger partial charge on any atom is -0.347 e. The van der Waals surface area contributed by atoms with Crippen LogP contribution in [0.5, 0.6) is 0 Å². The highest BCUT2D eigenvalue weighted by atomic mass is 31.2. The molecule has 1 heterocycles. The van der Waals surface area contributed by atoms with Gasteiger partial charge in [-0.15, -0.1) is 0 Å². The Bertz CT molecular complexity index is 774. The maximum Gasteiger partial charge on any atom is 0.338 e. The number of hydrogen-bond donors (Lipinski definition) is 0. The lowest BCUT2D eigenvalue weighted by Crippen LogP contribution is -2.29. The van der Waals surface area contributed by atoms with E-state index in [9.17, 15) is 9.36 Å². The molecule has 0 saturated carbocycles. The van der Waals surface area contributed by atoms with Crippen molar-refractivity contribution in [1.29, 1.82) is 0 Å². The summed E-state index contributed by atoms with van der Waals surface area (Å²) in [6.07, 6.45) is -1.14. The fourth-order valence-corrected chi connectivity index (χ4v) is 4.30. The molecule has 1 saturated heterocycles. The van der Waals surface area contributed by atoms with E-state index in [4.69, 9.17) is 18.5 Å². The third-order valence-electron chi connectivity index (χ3n) is 4.26. The van der Waals surface area contributed by atoms with Crippen molar-refractivity contribution in [2.45, 2.75) is 39.0 Å². The summed E-state index contributed by atoms with van der Waals surface area (Å²) in [6, 6.07) is 18.7. The van der Waals surface area contributed by atoms with Crippen molar-refractivity contribution in [2.75, 3.05) is 12.8 Å². The van der Waals surface area contributed by atoms with Crippen LogP contribution < -0.4 is 0 Å². The van der Waals surface area contributed by atoms with Crippen LogP contribution in [0, 0.1) is 0 Å². The third-order valence-corrected chi connectivity index (χ3v) is 6.00. The van der Waals surface area contributed by atoms with Gasteiger partial charge in [0.2, 0.25) is 0 Å². The van der Waals surface area contributed by atoms with E-state index < -0.39 is 19.5 Å². The van der Waals surface area contributed by atoms with Crippen LogP contribution in [0.3, 0.4) is 0 Å². The average Bonchev–Trinajstić information content (AvgIpc) is 3.07. The number of hydrogen-bond acceptors (Lipinski definition) is 6. The Hall–Kier alpha value is -1.82. The first-order chi connectivity index (χ1) is 13.4. The topological polar surface area (TPSA) is 71.1 Å². The predicted octanol–water partition coefficient (Wildman–Crippen LogP) is 4.33. The Labute approximate surface area is 165 Å². The van der Waals surface area contributed by atoms with Gasteiger partial charge < -0.3 is 18.5 Å². The van der Waals surface area contributed by atoms with Gasteiger partial charge in [-0.05, 0) is 25.0 Å². The molecule has 7 heteroatoms. The third kappa shape index (κ3) is 6.09. The first kappa shape index (κ1) is 20.9. The smallest absolute Gasteiger partial charge is 0.338 e. The average molecular weight is 404 g/mol. The van der Waals surface area contributed by atoms with Crippen molar-refractivity contribution in [3.63, 3.8) is 0 Å². The van der Waals surface area contributed by atoms with E-state index in [2.05, 4.69) is 0 Å². The van der Waals surface area contributed by atoms with E-state index in [1.165, 1.54) is 0 Å². The molecule has 2 aromatic carbocycles. The van der Waals surface area contributed by atoms with Gasteiger partial charge >= 0.3 is 7.60 Å². The van der Waals surface area contributed by atoms with E-state index in [1.807, 2.05) is 60.7 Å². The molecule has 1 atom stereocenters. The van der Waals surface area contributed by atoms with Crippen molar-refractivity contribution in [1.82, 2.24) is 0 Å². The molecule has 1 aliphatic rings. The van der Waals surface area contributed by atoms with Crippen molar-refractivity contribution >= 4 is 13.4 Å². The molecule has 1 unspecified atom stereocenters. The highest BCUT2D eigenvalue weighted by Crippen LogP contribution is 2.50. The van der Waals surface area contributed by atoms with Crippen LogP contribution in [0.2, 0.25) is 0 Å². The Morgan fingerprint density at radius 2 is 1.50 bits per heavy atom. The fraction of sp³-hybridized carbons (Fsp3) is 0.381. The van der Waals surface area contributed by atoms with E-state index in [-0.39, 0.29) is 31.8 Å². The highest BCUT2D eigenvalue weighted by molar-refractivity contribution is 7.54. The SMILES string of the molecule is CC1(C)OCC(C(=O)CP(=O)(OCc2ccccc2)OCc2ccccc2)O1. The molecule has 2 aromatic rings. The maximum absolute atomic E-state index is 13.3. The van der Waals surface area contributed by atoms with Gasteiger partial charge in [0.15, 0.2) is 11.6 Å². The van der Waals surface area contributed by atoms with E-state index >= 15 is 0 Å².